The van der Waals surface area contributed by atoms with Crippen LogP contribution < -0.4 is 0 Å². The van der Waals surface area contributed by atoms with Gasteiger partial charge in [-0.05, 0) is 25.7 Å². The maximum atomic E-state index is 10.7. The first-order chi connectivity index (χ1) is 8.31. The Balaban J connectivity index is 2.98. The third kappa shape index (κ3) is 13.1. The highest BCUT2D eigenvalue weighted by Crippen LogP contribution is 2.02. The van der Waals surface area contributed by atoms with E-state index < -0.39 is 0 Å². The van der Waals surface area contributed by atoms with Crippen molar-refractivity contribution in [1.82, 2.24) is 0 Å². The number of unbranched alkanes of at least 4 members (excludes halogenated alkanes) is 5. The smallest absolute Gasteiger partial charge is 0.330 e. The van der Waals surface area contributed by atoms with Crippen LogP contribution in [-0.2, 0) is 14.3 Å². The molecule has 3 heteroatoms. The molecule has 0 unspecified atom stereocenters. The fourth-order valence-electron chi connectivity index (χ4n) is 1.45. The molecule has 0 aromatic heterocycles. The average Bonchev–Trinajstić information content (AvgIpc) is 2.35. The first-order valence-corrected chi connectivity index (χ1v) is 6.68. The average molecular weight is 242 g/mol. The van der Waals surface area contributed by atoms with Gasteiger partial charge in [-0.25, -0.2) is 4.79 Å². The van der Waals surface area contributed by atoms with Gasteiger partial charge in [-0.1, -0.05) is 32.8 Å². The number of carbonyl (C=O) groups excluding carboxylic acids is 1. The number of hydrogen-bond donors (Lipinski definition) is 0. The fraction of sp³-hybridized carbons (Fsp3) is 0.786. The van der Waals surface area contributed by atoms with E-state index in [0.29, 0.717) is 6.61 Å². The molecule has 100 valence electrons. The Kier molecular flexibility index (Phi) is 12.6. The summed E-state index contributed by atoms with van der Waals surface area (Å²) in [6.07, 6.45) is 9.12. The number of rotatable bonds is 12. The highest BCUT2D eigenvalue weighted by Gasteiger charge is 1.95. The molecular weight excluding hydrogens is 216 g/mol. The third-order valence-electron chi connectivity index (χ3n) is 2.49. The molecule has 0 aliphatic rings. The maximum absolute atomic E-state index is 10.7. The monoisotopic (exact) mass is 242 g/mol. The Labute approximate surface area is 105 Å². The van der Waals surface area contributed by atoms with Crippen molar-refractivity contribution in [2.24, 2.45) is 0 Å². The number of ether oxygens (including phenoxy) is 2. The normalized spacial score (nSPS) is 10.2. The minimum Gasteiger partial charge on any atom is -0.463 e. The van der Waals surface area contributed by atoms with Gasteiger partial charge in [-0.15, -0.1) is 0 Å². The quantitative estimate of drug-likeness (QED) is 0.298. The van der Waals surface area contributed by atoms with Gasteiger partial charge in [0.25, 0.3) is 0 Å². The van der Waals surface area contributed by atoms with E-state index in [0.717, 1.165) is 38.9 Å². The summed E-state index contributed by atoms with van der Waals surface area (Å²) in [5, 5.41) is 0. The zero-order valence-corrected chi connectivity index (χ0v) is 11.1. The highest BCUT2D eigenvalue weighted by atomic mass is 16.5. The van der Waals surface area contributed by atoms with Gasteiger partial charge < -0.3 is 9.47 Å². The van der Waals surface area contributed by atoms with Gasteiger partial charge in [0.05, 0.1) is 6.61 Å². The van der Waals surface area contributed by atoms with Crippen LogP contribution in [0.5, 0.6) is 0 Å². The predicted octanol–water partition coefficient (Wildman–Crippen LogP) is 3.48. The molecule has 0 aromatic rings. The van der Waals surface area contributed by atoms with E-state index in [-0.39, 0.29) is 5.97 Å². The summed E-state index contributed by atoms with van der Waals surface area (Å²) in [5.41, 5.74) is 0. The second-order valence-corrected chi connectivity index (χ2v) is 4.11. The van der Waals surface area contributed by atoms with Gasteiger partial charge >= 0.3 is 5.97 Å². The second kappa shape index (κ2) is 13.2. The summed E-state index contributed by atoms with van der Waals surface area (Å²) in [7, 11) is 0. The fourth-order valence-corrected chi connectivity index (χ4v) is 1.45. The van der Waals surface area contributed by atoms with Crippen molar-refractivity contribution in [2.45, 2.75) is 51.9 Å². The maximum Gasteiger partial charge on any atom is 0.330 e. The molecule has 0 saturated carbocycles. The lowest BCUT2D eigenvalue weighted by molar-refractivity contribution is -0.137. The van der Waals surface area contributed by atoms with Crippen LogP contribution in [0, 0.1) is 0 Å². The number of hydrogen-bond acceptors (Lipinski definition) is 3. The Bertz CT molecular complexity index is 190. The van der Waals surface area contributed by atoms with Gasteiger partial charge in [0.1, 0.15) is 0 Å². The molecule has 0 spiro atoms. The van der Waals surface area contributed by atoms with Crippen molar-refractivity contribution in [3.8, 4) is 0 Å². The van der Waals surface area contributed by atoms with Crippen LogP contribution in [0.3, 0.4) is 0 Å². The first kappa shape index (κ1) is 16.2. The van der Waals surface area contributed by atoms with Crippen LogP contribution >= 0.6 is 0 Å². The molecule has 0 aliphatic carbocycles. The van der Waals surface area contributed by atoms with Crippen LogP contribution in [0.4, 0.5) is 0 Å². The van der Waals surface area contributed by atoms with E-state index in [4.69, 9.17) is 9.47 Å². The van der Waals surface area contributed by atoms with E-state index in [2.05, 4.69) is 13.5 Å². The third-order valence-corrected chi connectivity index (χ3v) is 2.49. The SMILES string of the molecule is C=CC(=O)OCCCCCCOCCCCC. The first-order valence-electron chi connectivity index (χ1n) is 6.68. The summed E-state index contributed by atoms with van der Waals surface area (Å²) < 4.78 is 10.4. The van der Waals surface area contributed by atoms with Gasteiger partial charge in [-0.3, -0.25) is 0 Å². The Morgan fingerprint density at radius 3 is 2.18 bits per heavy atom. The zero-order chi connectivity index (χ0) is 12.8. The number of esters is 1. The van der Waals surface area contributed by atoms with E-state index in [1.807, 2.05) is 0 Å². The molecule has 0 rings (SSSR count). The summed E-state index contributed by atoms with van der Waals surface area (Å²) in [4.78, 5) is 10.7. The molecule has 0 aromatic carbocycles. The van der Waals surface area contributed by atoms with Crippen molar-refractivity contribution in [3.05, 3.63) is 12.7 Å². The summed E-state index contributed by atoms with van der Waals surface area (Å²) in [5.74, 6) is -0.329. The van der Waals surface area contributed by atoms with Gasteiger partial charge in [0.15, 0.2) is 0 Å². The Morgan fingerprint density at radius 1 is 1.00 bits per heavy atom. The minimum absolute atomic E-state index is 0.329. The van der Waals surface area contributed by atoms with E-state index in [9.17, 15) is 4.79 Å². The Hall–Kier alpha value is -0.830. The molecular formula is C14H26O3. The molecule has 0 N–H and O–H groups in total. The van der Waals surface area contributed by atoms with Crippen molar-refractivity contribution in [1.29, 1.82) is 0 Å². The van der Waals surface area contributed by atoms with Crippen molar-refractivity contribution >= 4 is 5.97 Å². The summed E-state index contributed by atoms with van der Waals surface area (Å²) in [6.45, 7) is 7.79. The van der Waals surface area contributed by atoms with Gasteiger partial charge in [0, 0.05) is 19.3 Å². The highest BCUT2D eigenvalue weighted by molar-refractivity contribution is 5.81. The van der Waals surface area contributed by atoms with Crippen molar-refractivity contribution < 1.29 is 14.3 Å². The molecule has 0 bridgehead atoms. The van der Waals surface area contributed by atoms with Crippen molar-refractivity contribution in [3.63, 3.8) is 0 Å². The second-order valence-electron chi connectivity index (χ2n) is 4.11. The molecule has 0 atom stereocenters. The zero-order valence-electron chi connectivity index (χ0n) is 11.1. The lowest BCUT2D eigenvalue weighted by Gasteiger charge is -2.04. The summed E-state index contributed by atoms with van der Waals surface area (Å²) in [6, 6.07) is 0. The molecule has 0 saturated heterocycles. The predicted molar refractivity (Wildman–Crippen MR) is 70.0 cm³/mol. The van der Waals surface area contributed by atoms with E-state index >= 15 is 0 Å². The lowest BCUT2D eigenvalue weighted by atomic mass is 10.2. The van der Waals surface area contributed by atoms with E-state index in [1.54, 1.807) is 0 Å². The lowest BCUT2D eigenvalue weighted by Crippen LogP contribution is -2.02. The molecule has 0 amide bonds. The van der Waals surface area contributed by atoms with E-state index in [1.165, 1.54) is 25.3 Å². The van der Waals surface area contributed by atoms with Crippen molar-refractivity contribution in [2.75, 3.05) is 19.8 Å². The Morgan fingerprint density at radius 2 is 1.59 bits per heavy atom. The largest absolute Gasteiger partial charge is 0.463 e. The van der Waals surface area contributed by atoms with Crippen LogP contribution in [0.25, 0.3) is 0 Å². The van der Waals surface area contributed by atoms with Gasteiger partial charge in [-0.2, -0.15) is 0 Å². The molecule has 17 heavy (non-hydrogen) atoms. The van der Waals surface area contributed by atoms with Crippen LogP contribution in [-0.4, -0.2) is 25.8 Å². The molecule has 0 radical (unpaired) electrons. The minimum atomic E-state index is -0.329. The standard InChI is InChI=1S/C14H26O3/c1-3-5-8-11-16-12-9-6-7-10-13-17-14(15)4-2/h4H,2-3,5-13H2,1H3. The molecule has 0 heterocycles. The van der Waals surface area contributed by atoms with Crippen LogP contribution in [0.15, 0.2) is 12.7 Å². The topological polar surface area (TPSA) is 35.5 Å². The molecule has 0 fully saturated rings. The summed E-state index contributed by atoms with van der Waals surface area (Å²) >= 11 is 0. The van der Waals surface area contributed by atoms with Gasteiger partial charge in [0.2, 0.25) is 0 Å². The van der Waals surface area contributed by atoms with Crippen LogP contribution in [0.2, 0.25) is 0 Å². The number of carbonyl (C=O) groups is 1. The molecule has 3 nitrogen and oxygen atoms in total. The van der Waals surface area contributed by atoms with Crippen LogP contribution in [0.1, 0.15) is 51.9 Å². The molecule has 0 aliphatic heterocycles.